The molecule has 2 aromatic carbocycles. The molecule has 0 unspecified atom stereocenters. The van der Waals surface area contributed by atoms with Gasteiger partial charge in [0.15, 0.2) is 11.5 Å². The summed E-state index contributed by atoms with van der Waals surface area (Å²) in [5, 5.41) is 2.79. The molecule has 2 atom stereocenters. The molecule has 5 heteroatoms. The van der Waals surface area contributed by atoms with Crippen LogP contribution >= 0.6 is 11.8 Å². The fourth-order valence-electron chi connectivity index (χ4n) is 2.40. The van der Waals surface area contributed by atoms with E-state index in [9.17, 15) is 4.79 Å². The van der Waals surface area contributed by atoms with E-state index in [1.165, 1.54) is 5.56 Å². The maximum Gasteiger partial charge on any atom is 0.233 e. The number of hydrogen-bond donors (Lipinski definition) is 1. The number of amides is 1. The Morgan fingerprint density at radius 3 is 2.67 bits per heavy atom. The third-order valence-corrected chi connectivity index (χ3v) is 4.89. The Hall–Kier alpha value is -2.14. The minimum Gasteiger partial charge on any atom is -0.486 e. The number of aryl methyl sites for hydroxylation is 1. The van der Waals surface area contributed by atoms with Crippen molar-refractivity contribution in [2.45, 2.75) is 30.1 Å². The first-order chi connectivity index (χ1) is 11.6. The van der Waals surface area contributed by atoms with E-state index in [2.05, 4.69) is 24.4 Å². The molecule has 1 amide bonds. The van der Waals surface area contributed by atoms with E-state index in [0.717, 1.165) is 16.4 Å². The minimum absolute atomic E-state index is 0.00281. The number of ether oxygens (including phenoxy) is 2. The van der Waals surface area contributed by atoms with E-state index in [4.69, 9.17) is 9.47 Å². The molecule has 1 aliphatic rings. The summed E-state index contributed by atoms with van der Waals surface area (Å²) >= 11 is 1.55. The normalized spacial score (nSPS) is 17.2. The number of carbonyl (C=O) groups is 1. The lowest BCUT2D eigenvalue weighted by atomic mass is 10.2. The molecule has 0 saturated carbocycles. The molecule has 0 aromatic heterocycles. The van der Waals surface area contributed by atoms with Gasteiger partial charge >= 0.3 is 0 Å². The number of nitrogens with one attached hydrogen (secondary N) is 1. The zero-order chi connectivity index (χ0) is 16.9. The molecule has 4 nitrogen and oxygen atoms in total. The molecular weight excluding hydrogens is 322 g/mol. The first-order valence-electron chi connectivity index (χ1n) is 8.01. The highest BCUT2D eigenvalue weighted by atomic mass is 32.2. The van der Waals surface area contributed by atoms with Crippen molar-refractivity contribution in [3.05, 3.63) is 54.1 Å². The second-order valence-electron chi connectivity index (χ2n) is 5.82. The van der Waals surface area contributed by atoms with Crippen LogP contribution < -0.4 is 14.8 Å². The van der Waals surface area contributed by atoms with Crippen molar-refractivity contribution in [3.63, 3.8) is 0 Å². The largest absolute Gasteiger partial charge is 0.486 e. The Balaban J connectivity index is 1.48. The average molecular weight is 343 g/mol. The maximum atomic E-state index is 12.3. The van der Waals surface area contributed by atoms with Crippen molar-refractivity contribution in [2.75, 3.05) is 13.2 Å². The number of thioether (sulfide) groups is 1. The van der Waals surface area contributed by atoms with Crippen LogP contribution in [0.2, 0.25) is 0 Å². The lowest BCUT2D eigenvalue weighted by Crippen LogP contribution is -2.42. The van der Waals surface area contributed by atoms with Crippen LogP contribution in [0.3, 0.4) is 0 Å². The van der Waals surface area contributed by atoms with Crippen molar-refractivity contribution < 1.29 is 14.3 Å². The molecule has 3 rings (SSSR count). The van der Waals surface area contributed by atoms with Crippen LogP contribution in [0.1, 0.15) is 12.5 Å². The van der Waals surface area contributed by atoms with Gasteiger partial charge in [-0.3, -0.25) is 4.79 Å². The minimum atomic E-state index is -0.166. The highest BCUT2D eigenvalue weighted by Crippen LogP contribution is 2.30. The van der Waals surface area contributed by atoms with Crippen LogP contribution in [0, 0.1) is 6.92 Å². The summed E-state index contributed by atoms with van der Waals surface area (Å²) in [6.07, 6.45) is -0.166. The molecular formula is C19H21NO3S. The lowest BCUT2D eigenvalue weighted by molar-refractivity contribution is -0.120. The highest BCUT2D eigenvalue weighted by molar-refractivity contribution is 8.00. The number of fused-ring (bicyclic) bond motifs is 1. The van der Waals surface area contributed by atoms with Gasteiger partial charge in [-0.2, -0.15) is 0 Å². The van der Waals surface area contributed by atoms with Crippen LogP contribution in [-0.2, 0) is 4.79 Å². The Morgan fingerprint density at radius 1 is 1.21 bits per heavy atom. The van der Waals surface area contributed by atoms with E-state index in [1.54, 1.807) is 11.8 Å². The summed E-state index contributed by atoms with van der Waals surface area (Å²) in [5.74, 6) is 1.48. The number of rotatable bonds is 5. The van der Waals surface area contributed by atoms with Gasteiger partial charge in [-0.05, 0) is 38.1 Å². The maximum absolute atomic E-state index is 12.3. The van der Waals surface area contributed by atoms with Crippen LogP contribution in [0.25, 0.3) is 0 Å². The van der Waals surface area contributed by atoms with Gasteiger partial charge in [0.1, 0.15) is 12.7 Å². The summed E-state index contributed by atoms with van der Waals surface area (Å²) < 4.78 is 11.5. The summed E-state index contributed by atoms with van der Waals surface area (Å²) in [6.45, 7) is 4.84. The smallest absolute Gasteiger partial charge is 0.233 e. The first-order valence-corrected chi connectivity index (χ1v) is 8.89. The number of carbonyl (C=O) groups excluding carboxylic acids is 1. The molecule has 24 heavy (non-hydrogen) atoms. The van der Waals surface area contributed by atoms with Crippen LogP contribution in [0.4, 0.5) is 0 Å². The van der Waals surface area contributed by atoms with Crippen molar-refractivity contribution in [2.24, 2.45) is 0 Å². The lowest BCUT2D eigenvalue weighted by Gasteiger charge is -2.26. The summed E-state index contributed by atoms with van der Waals surface area (Å²) in [6, 6.07) is 15.8. The van der Waals surface area contributed by atoms with Gasteiger partial charge in [0.2, 0.25) is 5.91 Å². The molecule has 0 fully saturated rings. The third-order valence-electron chi connectivity index (χ3n) is 3.77. The van der Waals surface area contributed by atoms with E-state index >= 15 is 0 Å². The van der Waals surface area contributed by atoms with Crippen molar-refractivity contribution in [1.29, 1.82) is 0 Å². The molecule has 126 valence electrons. The molecule has 0 saturated heterocycles. The van der Waals surface area contributed by atoms with E-state index in [-0.39, 0.29) is 17.3 Å². The highest BCUT2D eigenvalue weighted by Gasteiger charge is 2.22. The zero-order valence-corrected chi connectivity index (χ0v) is 14.6. The van der Waals surface area contributed by atoms with E-state index in [1.807, 2.05) is 43.3 Å². The Morgan fingerprint density at radius 2 is 1.92 bits per heavy atom. The Kier molecular flexibility index (Phi) is 5.30. The van der Waals surface area contributed by atoms with Crippen LogP contribution in [0.15, 0.2) is 53.4 Å². The fraction of sp³-hybridized carbons (Fsp3) is 0.316. The van der Waals surface area contributed by atoms with Crippen molar-refractivity contribution in [3.8, 4) is 11.5 Å². The number of benzene rings is 2. The Bertz CT molecular complexity index is 702. The number of hydrogen-bond acceptors (Lipinski definition) is 4. The molecule has 1 aliphatic heterocycles. The molecule has 0 radical (unpaired) electrons. The summed E-state index contributed by atoms with van der Waals surface area (Å²) in [4.78, 5) is 13.4. The third kappa shape index (κ3) is 4.23. The van der Waals surface area contributed by atoms with Gasteiger partial charge in [-0.1, -0.05) is 29.8 Å². The van der Waals surface area contributed by atoms with Gasteiger partial charge in [-0.15, -0.1) is 11.8 Å². The topological polar surface area (TPSA) is 47.6 Å². The van der Waals surface area contributed by atoms with Crippen LogP contribution in [0.5, 0.6) is 11.5 Å². The molecule has 1 heterocycles. The zero-order valence-electron chi connectivity index (χ0n) is 13.8. The quantitative estimate of drug-likeness (QED) is 0.845. The first kappa shape index (κ1) is 16.7. The van der Waals surface area contributed by atoms with Gasteiger partial charge in [0.25, 0.3) is 0 Å². The molecule has 1 N–H and O–H groups in total. The summed E-state index contributed by atoms with van der Waals surface area (Å²) in [5.41, 5.74) is 1.21. The van der Waals surface area contributed by atoms with Gasteiger partial charge in [0, 0.05) is 4.90 Å². The van der Waals surface area contributed by atoms with Gasteiger partial charge < -0.3 is 14.8 Å². The van der Waals surface area contributed by atoms with Crippen LogP contribution in [-0.4, -0.2) is 30.4 Å². The van der Waals surface area contributed by atoms with Crippen molar-refractivity contribution >= 4 is 17.7 Å². The fourth-order valence-corrected chi connectivity index (χ4v) is 3.29. The number of para-hydroxylation sites is 2. The molecule has 0 spiro atoms. The SMILES string of the molecule is Cc1ccc(S[C@H](C)C(=O)NC[C@@H]2COc3ccccc3O2)cc1. The second-order valence-corrected chi connectivity index (χ2v) is 7.23. The van der Waals surface area contributed by atoms with E-state index in [0.29, 0.717) is 13.2 Å². The Labute approximate surface area is 146 Å². The standard InChI is InChI=1S/C19H21NO3S/c1-13-7-9-16(10-8-13)24-14(2)19(21)20-11-15-12-22-17-5-3-4-6-18(17)23-15/h3-10,14-15H,11-12H2,1-2H3,(H,20,21)/t14-,15-/m1/s1. The average Bonchev–Trinajstić information content (AvgIpc) is 2.61. The predicted molar refractivity (Wildman–Crippen MR) is 95.9 cm³/mol. The van der Waals surface area contributed by atoms with Crippen molar-refractivity contribution in [1.82, 2.24) is 5.32 Å². The second kappa shape index (κ2) is 7.62. The van der Waals surface area contributed by atoms with Gasteiger partial charge in [0.05, 0.1) is 11.8 Å². The van der Waals surface area contributed by atoms with E-state index < -0.39 is 0 Å². The molecule has 2 aromatic rings. The molecule has 0 bridgehead atoms. The monoisotopic (exact) mass is 343 g/mol. The van der Waals surface area contributed by atoms with Gasteiger partial charge in [-0.25, -0.2) is 0 Å². The summed E-state index contributed by atoms with van der Waals surface area (Å²) in [7, 11) is 0. The predicted octanol–water partition coefficient (Wildman–Crippen LogP) is 3.43. The molecule has 0 aliphatic carbocycles.